The minimum atomic E-state index is -0.297. The third-order valence-corrected chi connectivity index (χ3v) is 5.37. The summed E-state index contributed by atoms with van der Waals surface area (Å²) in [6, 6.07) is 14.3. The topological polar surface area (TPSA) is 66.9 Å². The van der Waals surface area contributed by atoms with Crippen molar-refractivity contribution < 1.29 is 19.1 Å². The maximum atomic E-state index is 12.9. The Morgan fingerprint density at radius 1 is 0.929 bits per heavy atom. The minimum Gasteiger partial charge on any atom is -0.466 e. The fourth-order valence-corrected chi connectivity index (χ4v) is 3.94. The lowest BCUT2D eigenvalue weighted by atomic mass is 9.96. The minimum absolute atomic E-state index is 0.0948. The van der Waals surface area contributed by atoms with Gasteiger partial charge >= 0.3 is 5.97 Å². The van der Waals surface area contributed by atoms with Gasteiger partial charge in [0.15, 0.2) is 0 Å². The Labute approximate surface area is 163 Å². The summed E-state index contributed by atoms with van der Waals surface area (Å²) in [5.41, 5.74) is 2.29. The lowest BCUT2D eigenvalue weighted by molar-refractivity contribution is -0.148. The molecule has 0 radical (unpaired) electrons. The molecule has 0 aliphatic carbocycles. The van der Waals surface area contributed by atoms with Gasteiger partial charge in [0, 0.05) is 13.1 Å². The first-order valence-electron chi connectivity index (χ1n) is 9.60. The molecule has 6 heteroatoms. The van der Waals surface area contributed by atoms with Gasteiger partial charge in [-0.25, -0.2) is 4.90 Å². The predicted molar refractivity (Wildman–Crippen MR) is 106 cm³/mol. The summed E-state index contributed by atoms with van der Waals surface area (Å²) in [7, 11) is 0. The molecule has 0 spiro atoms. The van der Waals surface area contributed by atoms with Gasteiger partial charge in [0.1, 0.15) is 0 Å². The van der Waals surface area contributed by atoms with Gasteiger partial charge in [-0.05, 0) is 44.0 Å². The molecule has 0 N–H and O–H groups in total. The number of carbonyl (C=O) groups is 3. The van der Waals surface area contributed by atoms with Crippen LogP contribution in [0.25, 0.3) is 0 Å². The number of benzene rings is 2. The smallest absolute Gasteiger partial charge is 0.309 e. The number of anilines is 2. The van der Waals surface area contributed by atoms with E-state index in [0.717, 1.165) is 5.69 Å². The molecule has 2 heterocycles. The summed E-state index contributed by atoms with van der Waals surface area (Å²) in [5.74, 6) is -0.831. The molecular formula is C22H22N2O4. The highest BCUT2D eigenvalue weighted by molar-refractivity contribution is 6.35. The number of nitrogens with zero attached hydrogens (tertiary/aromatic N) is 2. The third kappa shape index (κ3) is 3.05. The number of piperidine rings is 1. The molecule has 1 fully saturated rings. The molecular weight excluding hydrogens is 356 g/mol. The van der Waals surface area contributed by atoms with Crippen molar-refractivity contribution in [1.82, 2.24) is 0 Å². The van der Waals surface area contributed by atoms with Gasteiger partial charge in [0.05, 0.1) is 35.0 Å². The molecule has 28 heavy (non-hydrogen) atoms. The Kier molecular flexibility index (Phi) is 4.86. The van der Waals surface area contributed by atoms with E-state index in [-0.39, 0.29) is 23.7 Å². The number of ether oxygens (including phenoxy) is 1. The molecule has 0 unspecified atom stereocenters. The zero-order chi connectivity index (χ0) is 19.7. The SMILES string of the molecule is CCOC(=O)C1CCN(c2ccccc2N2C(=O)c3ccccc3C2=O)CC1. The van der Waals surface area contributed by atoms with Crippen molar-refractivity contribution in [3.8, 4) is 0 Å². The average Bonchev–Trinajstić information content (AvgIpc) is 2.99. The largest absolute Gasteiger partial charge is 0.466 e. The Bertz CT molecular complexity index is 897. The fraction of sp³-hybridized carbons (Fsp3) is 0.318. The van der Waals surface area contributed by atoms with Gasteiger partial charge < -0.3 is 9.64 Å². The van der Waals surface area contributed by atoms with Gasteiger partial charge in [-0.3, -0.25) is 14.4 Å². The van der Waals surface area contributed by atoms with E-state index in [1.54, 1.807) is 30.3 Å². The second-order valence-electron chi connectivity index (χ2n) is 6.99. The zero-order valence-corrected chi connectivity index (χ0v) is 15.8. The van der Waals surface area contributed by atoms with Crippen LogP contribution in [0, 0.1) is 5.92 Å². The molecule has 2 aromatic carbocycles. The van der Waals surface area contributed by atoms with E-state index < -0.39 is 0 Å². The first-order chi connectivity index (χ1) is 13.6. The Balaban J connectivity index is 1.59. The summed E-state index contributed by atoms with van der Waals surface area (Å²) in [6.45, 7) is 3.54. The zero-order valence-electron chi connectivity index (χ0n) is 15.8. The normalized spacial score (nSPS) is 17.0. The Morgan fingerprint density at radius 2 is 1.46 bits per heavy atom. The van der Waals surface area contributed by atoms with E-state index in [9.17, 15) is 14.4 Å². The van der Waals surface area contributed by atoms with E-state index in [1.807, 2.05) is 25.1 Å². The first-order valence-corrected chi connectivity index (χ1v) is 9.60. The van der Waals surface area contributed by atoms with E-state index in [0.29, 0.717) is 49.4 Å². The third-order valence-electron chi connectivity index (χ3n) is 5.37. The standard InChI is InChI=1S/C22H22N2O4/c1-2-28-22(27)15-11-13-23(14-12-15)18-9-5-6-10-19(18)24-20(25)16-7-3-4-8-17(16)21(24)26/h3-10,15H,2,11-14H2,1H3. The highest BCUT2D eigenvalue weighted by Crippen LogP contribution is 2.37. The molecule has 4 rings (SSSR count). The molecule has 0 saturated carbocycles. The van der Waals surface area contributed by atoms with Crippen LogP contribution in [0.4, 0.5) is 11.4 Å². The van der Waals surface area contributed by atoms with Crippen molar-refractivity contribution in [3.05, 3.63) is 59.7 Å². The summed E-state index contributed by atoms with van der Waals surface area (Å²) >= 11 is 0. The molecule has 1 saturated heterocycles. The van der Waals surface area contributed by atoms with Crippen LogP contribution in [0.5, 0.6) is 0 Å². The number of amides is 2. The van der Waals surface area contributed by atoms with Crippen LogP contribution in [0.3, 0.4) is 0 Å². The summed E-state index contributed by atoms with van der Waals surface area (Å²) in [4.78, 5) is 41.1. The molecule has 2 aliphatic heterocycles. The van der Waals surface area contributed by atoms with Gasteiger partial charge in [-0.15, -0.1) is 0 Å². The molecule has 2 aliphatic rings. The number of hydrogen-bond donors (Lipinski definition) is 0. The van der Waals surface area contributed by atoms with Crippen molar-refractivity contribution in [2.75, 3.05) is 29.5 Å². The van der Waals surface area contributed by atoms with Crippen molar-refractivity contribution in [1.29, 1.82) is 0 Å². The maximum Gasteiger partial charge on any atom is 0.309 e. The molecule has 0 bridgehead atoms. The molecule has 6 nitrogen and oxygen atoms in total. The number of fused-ring (bicyclic) bond motifs is 1. The number of carbonyl (C=O) groups excluding carboxylic acids is 3. The number of para-hydroxylation sites is 2. The lowest BCUT2D eigenvalue weighted by Crippen LogP contribution is -2.38. The van der Waals surface area contributed by atoms with Crippen LogP contribution in [-0.2, 0) is 9.53 Å². The monoisotopic (exact) mass is 378 g/mol. The van der Waals surface area contributed by atoms with Crippen LogP contribution in [0.2, 0.25) is 0 Å². The Morgan fingerprint density at radius 3 is 2.04 bits per heavy atom. The van der Waals surface area contributed by atoms with Crippen LogP contribution >= 0.6 is 0 Å². The van der Waals surface area contributed by atoms with Gasteiger partial charge in [0.25, 0.3) is 11.8 Å². The highest BCUT2D eigenvalue weighted by atomic mass is 16.5. The molecule has 2 amide bonds. The van der Waals surface area contributed by atoms with E-state index in [1.165, 1.54) is 4.90 Å². The molecule has 0 aromatic heterocycles. The number of imide groups is 1. The molecule has 2 aromatic rings. The van der Waals surface area contributed by atoms with Crippen LogP contribution in [-0.4, -0.2) is 37.5 Å². The van der Waals surface area contributed by atoms with Gasteiger partial charge in [-0.2, -0.15) is 0 Å². The summed E-state index contributed by atoms with van der Waals surface area (Å²) in [6.07, 6.45) is 1.38. The van der Waals surface area contributed by atoms with E-state index in [4.69, 9.17) is 4.74 Å². The molecule has 144 valence electrons. The Hall–Kier alpha value is -3.15. The van der Waals surface area contributed by atoms with Crippen LogP contribution in [0.15, 0.2) is 48.5 Å². The van der Waals surface area contributed by atoms with Gasteiger partial charge in [-0.1, -0.05) is 24.3 Å². The highest BCUT2D eigenvalue weighted by Gasteiger charge is 2.38. The van der Waals surface area contributed by atoms with Crippen molar-refractivity contribution in [3.63, 3.8) is 0 Å². The second-order valence-corrected chi connectivity index (χ2v) is 6.99. The fourth-order valence-electron chi connectivity index (χ4n) is 3.94. The maximum absolute atomic E-state index is 12.9. The van der Waals surface area contributed by atoms with E-state index >= 15 is 0 Å². The summed E-state index contributed by atoms with van der Waals surface area (Å²) < 4.78 is 5.14. The van der Waals surface area contributed by atoms with Gasteiger partial charge in [0.2, 0.25) is 0 Å². The molecule has 0 atom stereocenters. The van der Waals surface area contributed by atoms with Crippen molar-refractivity contribution >= 4 is 29.2 Å². The quantitative estimate of drug-likeness (QED) is 0.603. The summed E-state index contributed by atoms with van der Waals surface area (Å²) in [5, 5.41) is 0. The van der Waals surface area contributed by atoms with Crippen LogP contribution < -0.4 is 9.80 Å². The lowest BCUT2D eigenvalue weighted by Gasteiger charge is -2.34. The van der Waals surface area contributed by atoms with Crippen molar-refractivity contribution in [2.24, 2.45) is 5.92 Å². The predicted octanol–water partition coefficient (Wildman–Crippen LogP) is 3.27. The van der Waals surface area contributed by atoms with Crippen LogP contribution in [0.1, 0.15) is 40.5 Å². The first kappa shape index (κ1) is 18.2. The second kappa shape index (κ2) is 7.46. The number of esters is 1. The average molecular weight is 378 g/mol. The number of rotatable bonds is 4. The van der Waals surface area contributed by atoms with E-state index in [2.05, 4.69) is 4.90 Å². The van der Waals surface area contributed by atoms with Crippen molar-refractivity contribution in [2.45, 2.75) is 19.8 Å². The number of hydrogen-bond acceptors (Lipinski definition) is 5.